The average molecular weight is 276 g/mol. The molecule has 0 atom stereocenters. The quantitative estimate of drug-likeness (QED) is 0.877. The Bertz CT molecular complexity index is 510. The normalized spacial score (nSPS) is 19.1. The van der Waals surface area contributed by atoms with Gasteiger partial charge in [-0.05, 0) is 18.9 Å². The molecule has 1 saturated carbocycles. The smallest absolute Gasteiger partial charge is 0.231 e. The van der Waals surface area contributed by atoms with E-state index in [4.69, 9.17) is 15.2 Å². The summed E-state index contributed by atoms with van der Waals surface area (Å²) < 4.78 is 10.7. The van der Waals surface area contributed by atoms with E-state index in [1.165, 1.54) is 0 Å². The van der Waals surface area contributed by atoms with Gasteiger partial charge in [0.2, 0.25) is 12.7 Å². The molecule has 1 fully saturated rings. The minimum absolute atomic E-state index is 0.00548. The van der Waals surface area contributed by atoms with E-state index >= 15 is 0 Å². The Morgan fingerprint density at radius 3 is 2.90 bits per heavy atom. The number of para-hydroxylation sites is 1. The van der Waals surface area contributed by atoms with Gasteiger partial charge in [0.25, 0.3) is 0 Å². The van der Waals surface area contributed by atoms with Crippen LogP contribution in [0.2, 0.25) is 0 Å². The minimum Gasteiger partial charge on any atom is -0.454 e. The topological polar surface area (TPSA) is 73.6 Å². The van der Waals surface area contributed by atoms with Crippen molar-refractivity contribution in [2.45, 2.75) is 44.2 Å². The predicted octanol–water partition coefficient (Wildman–Crippen LogP) is 1.69. The summed E-state index contributed by atoms with van der Waals surface area (Å²) >= 11 is 0. The highest BCUT2D eigenvalue weighted by atomic mass is 16.7. The molecule has 1 aliphatic heterocycles. The SMILES string of the molecule is NC1(CC(=O)NCc2cccc3c2OCO3)CCCC1. The lowest BCUT2D eigenvalue weighted by Crippen LogP contribution is -2.42. The van der Waals surface area contributed by atoms with Gasteiger partial charge >= 0.3 is 0 Å². The second-order valence-corrected chi connectivity index (χ2v) is 5.67. The first-order valence-electron chi connectivity index (χ1n) is 7.09. The lowest BCUT2D eigenvalue weighted by atomic mass is 9.94. The molecule has 0 unspecified atom stereocenters. The number of carbonyl (C=O) groups is 1. The summed E-state index contributed by atoms with van der Waals surface area (Å²) in [6.07, 6.45) is 4.54. The van der Waals surface area contributed by atoms with Gasteiger partial charge in [-0.3, -0.25) is 4.79 Å². The zero-order chi connectivity index (χ0) is 14.0. The van der Waals surface area contributed by atoms with Crippen LogP contribution in [0.25, 0.3) is 0 Å². The van der Waals surface area contributed by atoms with Gasteiger partial charge in [0.05, 0.1) is 0 Å². The molecule has 1 aromatic rings. The van der Waals surface area contributed by atoms with Crippen molar-refractivity contribution in [1.82, 2.24) is 5.32 Å². The maximum absolute atomic E-state index is 12.0. The van der Waals surface area contributed by atoms with Gasteiger partial charge in [0.15, 0.2) is 11.5 Å². The molecule has 3 rings (SSSR count). The van der Waals surface area contributed by atoms with Crippen molar-refractivity contribution < 1.29 is 14.3 Å². The van der Waals surface area contributed by atoms with Gasteiger partial charge in [-0.15, -0.1) is 0 Å². The van der Waals surface area contributed by atoms with E-state index in [-0.39, 0.29) is 18.2 Å². The van der Waals surface area contributed by atoms with E-state index in [1.807, 2.05) is 18.2 Å². The number of amides is 1. The monoisotopic (exact) mass is 276 g/mol. The largest absolute Gasteiger partial charge is 0.454 e. The van der Waals surface area contributed by atoms with Crippen molar-refractivity contribution >= 4 is 5.91 Å². The van der Waals surface area contributed by atoms with E-state index < -0.39 is 0 Å². The summed E-state index contributed by atoms with van der Waals surface area (Å²) in [4.78, 5) is 12.0. The second-order valence-electron chi connectivity index (χ2n) is 5.67. The molecule has 20 heavy (non-hydrogen) atoms. The van der Waals surface area contributed by atoms with E-state index in [9.17, 15) is 4.79 Å². The number of hydrogen-bond donors (Lipinski definition) is 2. The first-order chi connectivity index (χ1) is 9.66. The first-order valence-corrected chi connectivity index (χ1v) is 7.09. The lowest BCUT2D eigenvalue weighted by molar-refractivity contribution is -0.122. The van der Waals surface area contributed by atoms with Crippen LogP contribution < -0.4 is 20.5 Å². The second kappa shape index (κ2) is 5.32. The van der Waals surface area contributed by atoms with Crippen molar-refractivity contribution in [1.29, 1.82) is 0 Å². The molecule has 3 N–H and O–H groups in total. The molecule has 1 aromatic carbocycles. The molecule has 5 nitrogen and oxygen atoms in total. The molecule has 2 aliphatic rings. The molecular weight excluding hydrogens is 256 g/mol. The third-order valence-corrected chi connectivity index (χ3v) is 4.07. The van der Waals surface area contributed by atoms with Crippen molar-refractivity contribution in [3.63, 3.8) is 0 Å². The molecule has 1 aliphatic carbocycles. The molecule has 0 radical (unpaired) electrons. The molecule has 0 spiro atoms. The fourth-order valence-corrected chi connectivity index (χ4v) is 2.96. The van der Waals surface area contributed by atoms with Crippen LogP contribution >= 0.6 is 0 Å². The summed E-state index contributed by atoms with van der Waals surface area (Å²) in [5.41, 5.74) is 6.85. The average Bonchev–Trinajstić information content (AvgIpc) is 3.05. The van der Waals surface area contributed by atoms with Gasteiger partial charge in [-0.2, -0.15) is 0 Å². The Kier molecular flexibility index (Phi) is 3.53. The Labute approximate surface area is 118 Å². The van der Waals surface area contributed by atoms with E-state index in [1.54, 1.807) is 0 Å². The van der Waals surface area contributed by atoms with Crippen LogP contribution in [0.1, 0.15) is 37.7 Å². The maximum atomic E-state index is 12.0. The summed E-state index contributed by atoms with van der Waals surface area (Å²) in [6, 6.07) is 5.69. The van der Waals surface area contributed by atoms with Crippen LogP contribution in [0, 0.1) is 0 Å². The molecule has 0 saturated heterocycles. The highest BCUT2D eigenvalue weighted by molar-refractivity contribution is 5.77. The van der Waals surface area contributed by atoms with Crippen molar-refractivity contribution in [3.05, 3.63) is 23.8 Å². The van der Waals surface area contributed by atoms with Gasteiger partial charge in [-0.25, -0.2) is 0 Å². The zero-order valence-corrected chi connectivity index (χ0v) is 11.5. The van der Waals surface area contributed by atoms with Crippen molar-refractivity contribution in [2.24, 2.45) is 5.73 Å². The van der Waals surface area contributed by atoms with Gasteiger partial charge in [0, 0.05) is 24.1 Å². The zero-order valence-electron chi connectivity index (χ0n) is 11.5. The van der Waals surface area contributed by atoms with E-state index in [0.29, 0.717) is 13.0 Å². The van der Waals surface area contributed by atoms with Crippen LogP contribution in [0.4, 0.5) is 0 Å². The number of ether oxygens (including phenoxy) is 2. The summed E-state index contributed by atoms with van der Waals surface area (Å²) in [5.74, 6) is 1.48. The number of benzene rings is 1. The molecular formula is C15H20N2O3. The molecule has 0 bridgehead atoms. The highest BCUT2D eigenvalue weighted by Crippen LogP contribution is 2.35. The number of rotatable bonds is 4. The summed E-state index contributed by atoms with van der Waals surface area (Å²) in [7, 11) is 0. The van der Waals surface area contributed by atoms with Crippen LogP contribution in [-0.2, 0) is 11.3 Å². The van der Waals surface area contributed by atoms with Crippen LogP contribution in [-0.4, -0.2) is 18.2 Å². The third kappa shape index (κ3) is 2.72. The molecule has 1 heterocycles. The predicted molar refractivity (Wildman–Crippen MR) is 74.4 cm³/mol. The third-order valence-electron chi connectivity index (χ3n) is 4.07. The molecule has 5 heteroatoms. The summed E-state index contributed by atoms with van der Waals surface area (Å²) in [6.45, 7) is 0.688. The van der Waals surface area contributed by atoms with Crippen LogP contribution in [0.3, 0.4) is 0 Å². The maximum Gasteiger partial charge on any atom is 0.231 e. The number of nitrogens with one attached hydrogen (secondary N) is 1. The van der Waals surface area contributed by atoms with Gasteiger partial charge < -0.3 is 20.5 Å². The first kappa shape index (κ1) is 13.2. The van der Waals surface area contributed by atoms with E-state index in [0.717, 1.165) is 42.7 Å². The molecule has 0 aromatic heterocycles. The van der Waals surface area contributed by atoms with Crippen LogP contribution in [0.5, 0.6) is 11.5 Å². The number of fused-ring (bicyclic) bond motifs is 1. The molecule has 1 amide bonds. The Balaban J connectivity index is 1.57. The van der Waals surface area contributed by atoms with E-state index in [2.05, 4.69) is 5.32 Å². The Hall–Kier alpha value is -1.75. The number of hydrogen-bond acceptors (Lipinski definition) is 4. The van der Waals surface area contributed by atoms with Gasteiger partial charge in [-0.1, -0.05) is 25.0 Å². The van der Waals surface area contributed by atoms with Crippen molar-refractivity contribution in [3.8, 4) is 11.5 Å². The van der Waals surface area contributed by atoms with Crippen LogP contribution in [0.15, 0.2) is 18.2 Å². The standard InChI is InChI=1S/C15H20N2O3/c16-15(6-1-2-7-15)8-13(18)17-9-11-4-3-5-12-14(11)20-10-19-12/h3-5H,1-2,6-10,16H2,(H,17,18). The number of nitrogens with two attached hydrogens (primary N) is 1. The minimum atomic E-state index is -0.303. The Morgan fingerprint density at radius 1 is 1.30 bits per heavy atom. The lowest BCUT2D eigenvalue weighted by Gasteiger charge is -2.22. The highest BCUT2D eigenvalue weighted by Gasteiger charge is 2.31. The summed E-state index contributed by atoms with van der Waals surface area (Å²) in [5, 5.41) is 2.93. The molecule has 108 valence electrons. The van der Waals surface area contributed by atoms with Crippen molar-refractivity contribution in [2.75, 3.05) is 6.79 Å². The van der Waals surface area contributed by atoms with Gasteiger partial charge in [0.1, 0.15) is 0 Å². The number of carbonyl (C=O) groups excluding carboxylic acids is 1. The fourth-order valence-electron chi connectivity index (χ4n) is 2.96. The Morgan fingerprint density at radius 2 is 2.10 bits per heavy atom. The fraction of sp³-hybridized carbons (Fsp3) is 0.533.